The van der Waals surface area contributed by atoms with Crippen molar-refractivity contribution in [2.24, 2.45) is 63.6 Å². The Bertz CT molecular complexity index is 2100. The second kappa shape index (κ2) is 16.7. The highest BCUT2D eigenvalue weighted by Crippen LogP contribution is 2.68. The number of aliphatic hydroxyl groups is 2. The number of nitrogens with one attached hydrogen (secondary N) is 2. The molecule has 1 aromatic rings. The Morgan fingerprint density at radius 1 is 0.969 bits per heavy atom. The fourth-order valence-electron chi connectivity index (χ4n) is 17.9. The van der Waals surface area contributed by atoms with E-state index < -0.39 is 34.7 Å². The number of aliphatic hydroxyl groups excluding tert-OH is 2. The van der Waals surface area contributed by atoms with Crippen LogP contribution in [0.2, 0.25) is 0 Å². The fraction of sp³-hybridized carbons (Fsp3) is 0.796. The molecule has 11 aliphatic rings. The molecular weight excluding hydrogens is 821 g/mol. The molecule has 5 aliphatic heterocycles. The van der Waals surface area contributed by atoms with Crippen molar-refractivity contribution in [3.8, 4) is 23.3 Å². The van der Waals surface area contributed by atoms with E-state index in [0.717, 1.165) is 94.6 Å². The van der Waals surface area contributed by atoms with Crippen molar-refractivity contribution < 1.29 is 43.9 Å². The summed E-state index contributed by atoms with van der Waals surface area (Å²) in [6, 6.07) is 3.90. The molecule has 12 rings (SSSR count). The Labute approximate surface area is 385 Å². The smallest absolute Gasteiger partial charge is 0.332 e. The number of hydrogen-bond donors (Lipinski definition) is 5. The molecule has 4 saturated heterocycles. The molecule has 0 unspecified atom stereocenters. The predicted molar refractivity (Wildman–Crippen MR) is 242 cm³/mol. The van der Waals surface area contributed by atoms with Gasteiger partial charge in [-0.05, 0) is 163 Å². The first-order chi connectivity index (χ1) is 31.4. The number of amides is 1. The Morgan fingerprint density at radius 2 is 1.75 bits per heavy atom. The SMILES string of the molecule is CC(=O)O[C@@H]1C[C@H](C[C@H](C)O)CC#C[C@H]2C[C@@H]3c4c(ccc(O)c4OC[C@H]3C3(CO)CCCC3)[C@@H]2C2(CCNCC2)[C@@H]2OC(=O)[C@]34CCCC[C@@H]3C[C@@]3(CC[C@H]5CC[C@@H](C[C@@H]21)[C@H]53)C(=O)N4. The molecule has 0 radical (unpaired) electrons. The third-order valence-electron chi connectivity index (χ3n) is 20.4. The van der Waals surface area contributed by atoms with Crippen molar-refractivity contribution in [1.82, 2.24) is 10.6 Å². The highest BCUT2D eigenvalue weighted by Gasteiger charge is 2.68. The van der Waals surface area contributed by atoms with Crippen LogP contribution < -0.4 is 15.4 Å². The second-order valence-corrected chi connectivity index (χ2v) is 23.4. The van der Waals surface area contributed by atoms with Gasteiger partial charge in [-0.1, -0.05) is 37.7 Å². The average molecular weight is 895 g/mol. The van der Waals surface area contributed by atoms with Crippen LogP contribution >= 0.6 is 0 Å². The minimum Gasteiger partial charge on any atom is -0.504 e. The third-order valence-corrected chi connectivity index (χ3v) is 20.4. The maximum atomic E-state index is 16.0. The summed E-state index contributed by atoms with van der Waals surface area (Å²) in [6.07, 6.45) is 14.4. The zero-order valence-electron chi connectivity index (χ0n) is 38.9. The summed E-state index contributed by atoms with van der Waals surface area (Å²) in [7, 11) is 0. The number of hydrogen-bond acceptors (Lipinski definition) is 10. The summed E-state index contributed by atoms with van der Waals surface area (Å²) in [4.78, 5) is 44.6. The molecular formula is C54H74N2O9. The molecule has 2 bridgehead atoms. The van der Waals surface area contributed by atoms with E-state index in [9.17, 15) is 20.1 Å². The van der Waals surface area contributed by atoms with Crippen molar-refractivity contribution in [3.05, 3.63) is 23.3 Å². The highest BCUT2D eigenvalue weighted by molar-refractivity contribution is 5.93. The third kappa shape index (κ3) is 6.92. The molecule has 3 spiro atoms. The van der Waals surface area contributed by atoms with Gasteiger partial charge < -0.3 is 40.2 Å². The molecule has 5 N–H and O–H groups in total. The average Bonchev–Trinajstić information content (AvgIpc) is 4.03. The van der Waals surface area contributed by atoms with Crippen molar-refractivity contribution in [3.63, 3.8) is 0 Å². The number of esters is 2. The van der Waals surface area contributed by atoms with Gasteiger partial charge in [-0.3, -0.25) is 9.59 Å². The number of carbonyl (C=O) groups is 3. The molecule has 5 heterocycles. The van der Waals surface area contributed by atoms with Crippen LogP contribution in [-0.2, 0) is 23.9 Å². The van der Waals surface area contributed by atoms with Crippen LogP contribution in [0.15, 0.2) is 12.1 Å². The van der Waals surface area contributed by atoms with Crippen molar-refractivity contribution in [1.29, 1.82) is 0 Å². The monoisotopic (exact) mass is 895 g/mol. The van der Waals surface area contributed by atoms with Crippen LogP contribution in [-0.4, -0.2) is 83.3 Å². The van der Waals surface area contributed by atoms with E-state index in [1.807, 2.05) is 6.92 Å². The van der Waals surface area contributed by atoms with E-state index >= 15 is 9.59 Å². The molecule has 1 amide bonds. The van der Waals surface area contributed by atoms with Crippen LogP contribution in [0.1, 0.15) is 165 Å². The van der Waals surface area contributed by atoms with Gasteiger partial charge in [-0.25, -0.2) is 4.79 Å². The van der Waals surface area contributed by atoms with Gasteiger partial charge in [0.05, 0.1) is 18.1 Å². The lowest BCUT2D eigenvalue weighted by Crippen LogP contribution is -2.70. The van der Waals surface area contributed by atoms with Gasteiger partial charge in [0.15, 0.2) is 11.5 Å². The number of ether oxygens (including phenoxy) is 3. The van der Waals surface area contributed by atoms with Gasteiger partial charge in [0.2, 0.25) is 5.91 Å². The number of phenols is 1. The number of aromatic hydroxyl groups is 1. The zero-order chi connectivity index (χ0) is 44.9. The number of benzene rings is 1. The lowest BCUT2D eigenvalue weighted by Gasteiger charge is -2.57. The standard InChI is InChI=1S/C54H74N2O9/c1-31(58)24-33-8-7-9-35-26-39-41(51(30-57)16-5-6-17-51)29-63-47-42(60)14-13-38(44(39)47)46(35)52(20-22-55-23-21-52)48-40(43(25-33)64-32(2)59)27-36-12-11-34-15-19-53(45(34)36)28-37-10-3-4-18-54(37,50(62)65-48)56-49(53)61/h13-14,31,33-37,39-41,43,45-46,48,55,57-58,60H,3-6,8,10-12,15-30H2,1-2H3,(H,56,61)/t31-,33-,34+,35-,36-,37+,39-,40+,41+,43+,45-,46+,48+,53+,54-/m0/s1. The van der Waals surface area contributed by atoms with E-state index in [4.69, 9.17) is 14.2 Å². The first-order valence-corrected chi connectivity index (χ1v) is 26.1. The number of rotatable bonds is 5. The summed E-state index contributed by atoms with van der Waals surface area (Å²) in [6.45, 7) is 5.26. The first-order valence-electron chi connectivity index (χ1n) is 26.1. The minimum absolute atomic E-state index is 0.00000359. The molecule has 8 fully saturated rings. The molecule has 1 aromatic carbocycles. The van der Waals surface area contributed by atoms with E-state index in [-0.39, 0.29) is 88.9 Å². The Kier molecular flexibility index (Phi) is 11.4. The summed E-state index contributed by atoms with van der Waals surface area (Å²) >= 11 is 0. The van der Waals surface area contributed by atoms with Crippen LogP contribution in [0.3, 0.4) is 0 Å². The van der Waals surface area contributed by atoms with Crippen LogP contribution in [0.25, 0.3) is 0 Å². The number of fused-ring (bicyclic) bond motifs is 5. The highest BCUT2D eigenvalue weighted by atomic mass is 16.6. The number of carbonyl (C=O) groups excluding carboxylic acids is 3. The van der Waals surface area contributed by atoms with Crippen molar-refractivity contribution in [2.75, 3.05) is 26.3 Å². The molecule has 65 heavy (non-hydrogen) atoms. The van der Waals surface area contributed by atoms with Gasteiger partial charge in [0.1, 0.15) is 17.7 Å². The molecule has 11 heteroatoms. The van der Waals surface area contributed by atoms with Gasteiger partial charge in [0.25, 0.3) is 0 Å². The minimum atomic E-state index is -1.12. The van der Waals surface area contributed by atoms with Crippen molar-refractivity contribution in [2.45, 2.75) is 178 Å². The normalized spacial score (nSPS) is 42.6. The molecule has 6 aliphatic carbocycles. The fourth-order valence-corrected chi connectivity index (χ4v) is 17.9. The topological polar surface area (TPSA) is 164 Å². The summed E-state index contributed by atoms with van der Waals surface area (Å²) in [5.41, 5.74) is -0.478. The largest absolute Gasteiger partial charge is 0.504 e. The van der Waals surface area contributed by atoms with E-state index in [2.05, 4.69) is 28.5 Å². The molecule has 4 saturated carbocycles. The van der Waals surface area contributed by atoms with Gasteiger partial charge in [0, 0.05) is 60.0 Å². The molecule has 0 aromatic heterocycles. The van der Waals surface area contributed by atoms with E-state index in [1.165, 1.54) is 6.92 Å². The van der Waals surface area contributed by atoms with Gasteiger partial charge in [-0.2, -0.15) is 0 Å². The van der Waals surface area contributed by atoms with Gasteiger partial charge in [-0.15, -0.1) is 5.92 Å². The lowest BCUT2D eigenvalue weighted by atomic mass is 9.50. The summed E-state index contributed by atoms with van der Waals surface area (Å²) in [5.74, 6) is 7.69. The number of phenolic OH excluding ortho intramolecular Hbond substituents is 1. The van der Waals surface area contributed by atoms with E-state index in [1.54, 1.807) is 6.07 Å². The Hall–Kier alpha value is -3.33. The quantitative estimate of drug-likeness (QED) is 0.149. The summed E-state index contributed by atoms with van der Waals surface area (Å²) in [5, 5.41) is 41.1. The maximum absolute atomic E-state index is 16.0. The Morgan fingerprint density at radius 3 is 2.52 bits per heavy atom. The van der Waals surface area contributed by atoms with Crippen molar-refractivity contribution >= 4 is 17.8 Å². The lowest BCUT2D eigenvalue weighted by molar-refractivity contribution is -0.192. The predicted octanol–water partition coefficient (Wildman–Crippen LogP) is 7.43. The first kappa shape index (κ1) is 44.2. The van der Waals surface area contributed by atoms with Crippen LogP contribution in [0.4, 0.5) is 0 Å². The maximum Gasteiger partial charge on any atom is 0.332 e. The second-order valence-electron chi connectivity index (χ2n) is 23.4. The van der Waals surface area contributed by atoms with Gasteiger partial charge >= 0.3 is 11.9 Å². The molecule has 11 nitrogen and oxygen atoms in total. The summed E-state index contributed by atoms with van der Waals surface area (Å²) < 4.78 is 21.0. The zero-order valence-corrected chi connectivity index (χ0v) is 38.9. The number of piperidine rings is 2. The van der Waals surface area contributed by atoms with Crippen LogP contribution in [0, 0.1) is 75.4 Å². The van der Waals surface area contributed by atoms with E-state index in [0.29, 0.717) is 76.3 Å². The Balaban J connectivity index is 1.15. The molecule has 15 atom stereocenters. The van der Waals surface area contributed by atoms with Crippen LogP contribution in [0.5, 0.6) is 11.5 Å². The molecule has 354 valence electrons.